The van der Waals surface area contributed by atoms with E-state index in [9.17, 15) is 29.2 Å². The molecule has 1 aromatic carbocycles. The lowest BCUT2D eigenvalue weighted by Crippen LogP contribution is -2.78. The monoisotopic (exact) mass is 559 g/mol. The average molecular weight is 559 g/mol. The fourth-order valence-electron chi connectivity index (χ4n) is 3.83. The van der Waals surface area contributed by atoms with Crippen LogP contribution >= 0.6 is 7.75 Å². The van der Waals surface area contributed by atoms with Gasteiger partial charge in [-0.1, -0.05) is 25.1 Å². The summed E-state index contributed by atoms with van der Waals surface area (Å²) in [5.74, 6) is -3.80. The number of esters is 1. The zero-order valence-corrected chi connectivity index (χ0v) is 22.1. The van der Waals surface area contributed by atoms with Crippen molar-refractivity contribution >= 4 is 13.7 Å². The van der Waals surface area contributed by atoms with Gasteiger partial charge in [0.15, 0.2) is 6.10 Å². The Balaban J connectivity index is 1.86. The summed E-state index contributed by atoms with van der Waals surface area (Å²) in [5.41, 5.74) is -4.14. The molecule has 0 amide bonds. The number of carbonyl (C=O) groups is 1. The molecule has 4 N–H and O–H groups in total. The van der Waals surface area contributed by atoms with Gasteiger partial charge in [-0.05, 0) is 39.3 Å². The van der Waals surface area contributed by atoms with Crippen LogP contribution in [0.15, 0.2) is 52.2 Å². The molecule has 0 bridgehead atoms. The Labute approximate surface area is 217 Å². The van der Waals surface area contributed by atoms with Gasteiger partial charge in [-0.25, -0.2) is 13.8 Å². The fourth-order valence-corrected chi connectivity index (χ4v) is 5.33. The van der Waals surface area contributed by atoms with Gasteiger partial charge >= 0.3 is 19.4 Å². The Morgan fingerprint density at radius 1 is 1.26 bits per heavy atom. The van der Waals surface area contributed by atoms with Crippen LogP contribution in [-0.4, -0.2) is 62.5 Å². The van der Waals surface area contributed by atoms with E-state index >= 15 is 4.39 Å². The number of nitrogens with one attached hydrogen (secondary N) is 2. The molecule has 6 atom stereocenters. The molecule has 1 fully saturated rings. The number of aromatic nitrogens is 2. The maximum Gasteiger partial charge on any atom is 0.459 e. The summed E-state index contributed by atoms with van der Waals surface area (Å²) in [6.07, 6.45) is -3.42. The van der Waals surface area contributed by atoms with E-state index in [-0.39, 0.29) is 12.2 Å². The predicted molar refractivity (Wildman–Crippen MR) is 131 cm³/mol. The molecule has 3 rings (SSSR count). The normalized spacial score (nSPS) is 26.2. The maximum absolute atomic E-state index is 15.7. The number of rotatable bonds is 12. The van der Waals surface area contributed by atoms with Gasteiger partial charge in [-0.2, -0.15) is 5.09 Å². The lowest BCUT2D eigenvalue weighted by molar-refractivity contribution is -0.458. The number of halogens is 1. The van der Waals surface area contributed by atoms with Crippen LogP contribution in [0.5, 0.6) is 5.75 Å². The van der Waals surface area contributed by atoms with Crippen LogP contribution in [0.1, 0.15) is 34.1 Å². The number of ether oxygens (including phenoxy) is 2. The van der Waals surface area contributed by atoms with Crippen LogP contribution in [0.3, 0.4) is 0 Å². The van der Waals surface area contributed by atoms with E-state index in [1.54, 1.807) is 32.0 Å². The van der Waals surface area contributed by atoms with E-state index in [4.69, 9.17) is 18.5 Å². The van der Waals surface area contributed by atoms with Crippen LogP contribution in [-0.2, 0) is 29.1 Å². The Hall–Kier alpha value is -2.87. The number of H-pyrrole nitrogens is 1. The first-order chi connectivity index (χ1) is 17.8. The molecule has 0 aliphatic carbocycles. The molecule has 2 unspecified atom stereocenters. The van der Waals surface area contributed by atoms with E-state index in [1.165, 1.54) is 26.0 Å². The highest BCUT2D eigenvalue weighted by Crippen LogP contribution is 2.52. The summed E-state index contributed by atoms with van der Waals surface area (Å²) in [5, 5.41) is 23.8. The number of aromatic amines is 1. The molecule has 1 aliphatic heterocycles. The van der Waals surface area contributed by atoms with Crippen LogP contribution in [0.25, 0.3) is 0 Å². The second-order valence-electron chi connectivity index (χ2n) is 8.96. The highest BCUT2D eigenvalue weighted by Gasteiger charge is 2.71. The summed E-state index contributed by atoms with van der Waals surface area (Å²) >= 11 is 0. The van der Waals surface area contributed by atoms with Crippen molar-refractivity contribution in [1.82, 2.24) is 14.6 Å². The number of hydrogen-bond donors (Lipinski definition) is 4. The Kier molecular flexibility index (Phi) is 8.97. The number of hydrogen-bond acceptors (Lipinski definition) is 10. The highest BCUT2D eigenvalue weighted by atomic mass is 31.2. The standard InChI is InChI=1S/C23H31FN3O10P/c1-5-17(28)23(27-12-11-18(29)25-21(27)32)20(31)22(24,37-23)13-34-38(33,36-16-9-7-6-8-10-16)26-15(4)19(30)35-14(2)3/h6-12,14-15,17,20,28,31H,5,13H2,1-4H3,(H,26,33)(H,25,29,32)/t15?,17-,20+,22+,23+,38?/m0/s1. The van der Waals surface area contributed by atoms with Gasteiger partial charge in [0.05, 0.1) is 6.10 Å². The van der Waals surface area contributed by atoms with Gasteiger partial charge in [-0.15, -0.1) is 0 Å². The highest BCUT2D eigenvalue weighted by molar-refractivity contribution is 7.52. The van der Waals surface area contributed by atoms with Crippen molar-refractivity contribution in [1.29, 1.82) is 0 Å². The number of nitrogens with zero attached hydrogens (tertiary/aromatic N) is 1. The molecular weight excluding hydrogens is 528 g/mol. The number of aliphatic hydroxyl groups excluding tert-OH is 2. The van der Waals surface area contributed by atoms with Crippen LogP contribution < -0.4 is 20.9 Å². The molecule has 0 spiro atoms. The van der Waals surface area contributed by atoms with Gasteiger partial charge < -0.3 is 24.2 Å². The molecule has 1 saturated heterocycles. The SMILES string of the molecule is CC[C@H](O)[C@@]1(n2ccc(=O)[nH]c2=O)O[C@](F)(COP(=O)(NC(C)C(=O)OC(C)C)Oc2ccccc2)[C@H]1O. The molecule has 13 nitrogen and oxygen atoms in total. The molecule has 38 heavy (non-hydrogen) atoms. The van der Waals surface area contributed by atoms with Gasteiger partial charge in [-0.3, -0.25) is 23.7 Å². The van der Waals surface area contributed by atoms with Crippen molar-refractivity contribution < 1.29 is 42.5 Å². The molecule has 210 valence electrons. The van der Waals surface area contributed by atoms with Gasteiger partial charge in [0.1, 0.15) is 24.5 Å². The minimum absolute atomic E-state index is 0.0614. The summed E-state index contributed by atoms with van der Waals surface area (Å²) in [6, 6.07) is 7.43. The van der Waals surface area contributed by atoms with Crippen molar-refractivity contribution in [2.75, 3.05) is 6.61 Å². The fraction of sp³-hybridized carbons (Fsp3) is 0.522. The second kappa shape index (κ2) is 11.5. The van der Waals surface area contributed by atoms with Crippen molar-refractivity contribution in [2.45, 2.75) is 70.0 Å². The third-order valence-corrected chi connectivity index (χ3v) is 7.28. The third kappa shape index (κ3) is 6.06. The Morgan fingerprint density at radius 2 is 1.92 bits per heavy atom. The van der Waals surface area contributed by atoms with Crippen molar-refractivity contribution in [3.05, 3.63) is 63.4 Å². The van der Waals surface area contributed by atoms with Gasteiger partial charge in [0.2, 0.25) is 5.72 Å². The molecule has 15 heteroatoms. The first kappa shape index (κ1) is 29.7. The zero-order chi connectivity index (χ0) is 28.3. The average Bonchev–Trinajstić information content (AvgIpc) is 2.85. The maximum atomic E-state index is 15.7. The Bertz CT molecular complexity index is 1290. The summed E-state index contributed by atoms with van der Waals surface area (Å²) in [6.45, 7) is 4.87. The third-order valence-electron chi connectivity index (χ3n) is 5.66. The first-order valence-electron chi connectivity index (χ1n) is 11.8. The molecular formula is C23H31FN3O10P. The first-order valence-corrected chi connectivity index (χ1v) is 13.4. The number of aliphatic hydroxyl groups is 2. The van der Waals surface area contributed by atoms with E-state index in [1.807, 2.05) is 4.98 Å². The van der Waals surface area contributed by atoms with E-state index < -0.39 is 67.5 Å². The topological polar surface area (TPSA) is 178 Å². The minimum atomic E-state index is -4.52. The smallest absolute Gasteiger partial charge is 0.459 e. The van der Waals surface area contributed by atoms with E-state index in [0.29, 0.717) is 4.57 Å². The largest absolute Gasteiger partial charge is 0.462 e. The molecule has 1 aliphatic rings. The summed E-state index contributed by atoms with van der Waals surface area (Å²) < 4.78 is 51.0. The molecule has 1 aromatic heterocycles. The van der Waals surface area contributed by atoms with Crippen molar-refractivity contribution in [3.8, 4) is 5.75 Å². The van der Waals surface area contributed by atoms with Crippen molar-refractivity contribution in [2.24, 2.45) is 0 Å². The van der Waals surface area contributed by atoms with Crippen molar-refractivity contribution in [3.63, 3.8) is 0 Å². The number of carbonyl (C=O) groups excluding carboxylic acids is 1. The van der Waals surface area contributed by atoms with Crippen LogP contribution in [0.4, 0.5) is 4.39 Å². The number of benzene rings is 1. The Morgan fingerprint density at radius 3 is 2.47 bits per heavy atom. The second-order valence-corrected chi connectivity index (χ2v) is 10.7. The lowest BCUT2D eigenvalue weighted by atomic mass is 9.85. The quantitative estimate of drug-likeness (QED) is 0.217. The van der Waals surface area contributed by atoms with Crippen LogP contribution in [0, 0.1) is 0 Å². The zero-order valence-electron chi connectivity index (χ0n) is 21.2. The number of alkyl halides is 1. The van der Waals surface area contributed by atoms with E-state index in [0.717, 1.165) is 12.3 Å². The molecule has 0 saturated carbocycles. The van der Waals surface area contributed by atoms with Gasteiger partial charge in [0, 0.05) is 12.3 Å². The van der Waals surface area contributed by atoms with E-state index in [2.05, 4.69) is 5.09 Å². The summed E-state index contributed by atoms with van der Waals surface area (Å²) in [7, 11) is -4.52. The molecule has 2 aromatic rings. The van der Waals surface area contributed by atoms with Crippen LogP contribution in [0.2, 0.25) is 0 Å². The van der Waals surface area contributed by atoms with Gasteiger partial charge in [0.25, 0.3) is 11.4 Å². The lowest BCUT2D eigenvalue weighted by Gasteiger charge is -2.57. The minimum Gasteiger partial charge on any atom is -0.462 e. The molecule has 0 radical (unpaired) electrons. The summed E-state index contributed by atoms with van der Waals surface area (Å²) in [4.78, 5) is 38.1. The predicted octanol–water partition coefficient (Wildman–Crippen LogP) is 1.15. The molecule has 2 heterocycles. The number of para-hydroxylation sites is 1.